The Balaban J connectivity index is 1.83. The molecule has 0 radical (unpaired) electrons. The number of carbonyl (C=O) groups is 1. The van der Waals surface area contributed by atoms with Crippen LogP contribution in [0.2, 0.25) is 0 Å². The molecule has 152 valence electrons. The maximum absolute atomic E-state index is 13.0. The van der Waals surface area contributed by atoms with Crippen molar-refractivity contribution in [3.8, 4) is 11.5 Å². The van der Waals surface area contributed by atoms with Gasteiger partial charge in [0.25, 0.3) is 5.91 Å². The standard InChI is InChI=1S/C22H23FN2O3S/c1-4-25-21(26)18(24(3)22(25)29)12-16-8-11-19(20(13-16)27-5-2)28-14-15-6-9-17(23)10-7-15/h6-13H,4-5,14H2,1-3H3/b18-12-. The van der Waals surface area contributed by atoms with Gasteiger partial charge in [0, 0.05) is 13.6 Å². The number of benzene rings is 2. The highest BCUT2D eigenvalue weighted by Gasteiger charge is 2.34. The van der Waals surface area contributed by atoms with Crippen LogP contribution in [0, 0.1) is 5.82 Å². The van der Waals surface area contributed by atoms with Crippen molar-refractivity contribution in [2.24, 2.45) is 0 Å². The Bertz CT molecular complexity index is 944. The van der Waals surface area contributed by atoms with E-state index in [2.05, 4.69) is 0 Å². The van der Waals surface area contributed by atoms with E-state index in [0.29, 0.717) is 42.1 Å². The predicted octanol–water partition coefficient (Wildman–Crippen LogP) is 4.22. The van der Waals surface area contributed by atoms with Gasteiger partial charge < -0.3 is 14.4 Å². The summed E-state index contributed by atoms with van der Waals surface area (Å²) in [5, 5.41) is 0.494. The Morgan fingerprint density at radius 3 is 2.41 bits per heavy atom. The van der Waals surface area contributed by atoms with Crippen LogP contribution in [0.4, 0.5) is 4.39 Å². The molecule has 1 heterocycles. The molecule has 0 spiro atoms. The Labute approximate surface area is 175 Å². The topological polar surface area (TPSA) is 42.0 Å². The number of rotatable bonds is 7. The van der Waals surface area contributed by atoms with Crippen molar-refractivity contribution in [1.82, 2.24) is 9.80 Å². The fourth-order valence-electron chi connectivity index (χ4n) is 2.99. The monoisotopic (exact) mass is 414 g/mol. The summed E-state index contributed by atoms with van der Waals surface area (Å²) in [6.45, 7) is 5.07. The molecular formula is C22H23FN2O3S. The van der Waals surface area contributed by atoms with Gasteiger partial charge in [-0.15, -0.1) is 0 Å². The first-order chi connectivity index (χ1) is 13.9. The summed E-state index contributed by atoms with van der Waals surface area (Å²) in [4.78, 5) is 15.8. The Kier molecular flexibility index (Phi) is 6.49. The molecule has 2 aromatic rings. The van der Waals surface area contributed by atoms with Crippen LogP contribution < -0.4 is 9.47 Å². The van der Waals surface area contributed by atoms with Crippen LogP contribution in [-0.4, -0.2) is 41.0 Å². The number of carbonyl (C=O) groups excluding carboxylic acids is 1. The van der Waals surface area contributed by atoms with E-state index < -0.39 is 0 Å². The highest BCUT2D eigenvalue weighted by atomic mass is 32.1. The minimum absolute atomic E-state index is 0.116. The molecule has 0 atom stereocenters. The van der Waals surface area contributed by atoms with Gasteiger partial charge in [-0.3, -0.25) is 9.69 Å². The molecule has 1 fully saturated rings. The molecule has 1 aliphatic rings. The number of nitrogens with zero attached hydrogens (tertiary/aromatic N) is 2. The summed E-state index contributed by atoms with van der Waals surface area (Å²) in [5.74, 6) is 0.755. The second-order valence-corrected chi connectivity index (χ2v) is 6.84. The lowest BCUT2D eigenvalue weighted by Crippen LogP contribution is -2.30. The van der Waals surface area contributed by atoms with E-state index >= 15 is 0 Å². The lowest BCUT2D eigenvalue weighted by atomic mass is 10.1. The molecule has 2 aromatic carbocycles. The summed E-state index contributed by atoms with van der Waals surface area (Å²) in [7, 11) is 1.78. The van der Waals surface area contributed by atoms with Crippen molar-refractivity contribution >= 4 is 29.3 Å². The molecule has 5 nitrogen and oxygen atoms in total. The van der Waals surface area contributed by atoms with E-state index in [4.69, 9.17) is 21.7 Å². The van der Waals surface area contributed by atoms with E-state index in [1.54, 1.807) is 41.1 Å². The van der Waals surface area contributed by atoms with E-state index in [1.807, 2.05) is 26.0 Å². The zero-order valence-corrected chi connectivity index (χ0v) is 17.5. The molecule has 0 aliphatic carbocycles. The summed E-state index contributed by atoms with van der Waals surface area (Å²) < 4.78 is 24.6. The van der Waals surface area contributed by atoms with Crippen LogP contribution in [0.3, 0.4) is 0 Å². The van der Waals surface area contributed by atoms with Crippen molar-refractivity contribution in [2.75, 3.05) is 20.2 Å². The number of hydrogen-bond donors (Lipinski definition) is 0. The SMILES string of the molecule is CCOc1cc(/C=C2/C(=O)N(CC)C(=S)N2C)ccc1OCc1ccc(F)cc1. The normalized spacial score (nSPS) is 15.4. The number of thiocarbonyl (C=S) groups is 1. The molecule has 0 N–H and O–H groups in total. The second-order valence-electron chi connectivity index (χ2n) is 6.47. The van der Waals surface area contributed by atoms with Crippen LogP contribution in [-0.2, 0) is 11.4 Å². The Morgan fingerprint density at radius 2 is 1.79 bits per heavy atom. The maximum Gasteiger partial charge on any atom is 0.276 e. The van der Waals surface area contributed by atoms with Gasteiger partial charge in [-0.2, -0.15) is 0 Å². The smallest absolute Gasteiger partial charge is 0.276 e. The third kappa shape index (κ3) is 4.56. The van der Waals surface area contributed by atoms with Crippen LogP contribution in [0.5, 0.6) is 11.5 Å². The predicted molar refractivity (Wildman–Crippen MR) is 114 cm³/mol. The number of ether oxygens (including phenoxy) is 2. The number of hydrogen-bond acceptors (Lipinski definition) is 4. The van der Waals surface area contributed by atoms with Gasteiger partial charge in [-0.25, -0.2) is 4.39 Å². The molecule has 7 heteroatoms. The van der Waals surface area contributed by atoms with Gasteiger partial charge in [0.05, 0.1) is 6.61 Å². The van der Waals surface area contributed by atoms with Crippen molar-refractivity contribution in [3.05, 3.63) is 65.1 Å². The molecule has 1 saturated heterocycles. The van der Waals surface area contributed by atoms with Gasteiger partial charge in [0.1, 0.15) is 18.1 Å². The molecule has 0 aromatic heterocycles. The molecule has 0 unspecified atom stereocenters. The Morgan fingerprint density at radius 1 is 1.07 bits per heavy atom. The molecule has 0 saturated carbocycles. The zero-order chi connectivity index (χ0) is 21.0. The minimum atomic E-state index is -0.284. The average Bonchev–Trinajstić information content (AvgIpc) is 2.91. The third-order valence-electron chi connectivity index (χ3n) is 4.54. The first kappa shape index (κ1) is 20.8. The third-order valence-corrected chi connectivity index (χ3v) is 5.03. The Hall–Kier alpha value is -2.93. The first-order valence-electron chi connectivity index (χ1n) is 9.40. The van der Waals surface area contributed by atoms with Gasteiger partial charge >= 0.3 is 0 Å². The van der Waals surface area contributed by atoms with Gasteiger partial charge in [-0.05, 0) is 67.5 Å². The fraction of sp³-hybridized carbons (Fsp3) is 0.273. The highest BCUT2D eigenvalue weighted by molar-refractivity contribution is 7.80. The summed E-state index contributed by atoms with van der Waals surface area (Å²) in [6, 6.07) is 11.6. The van der Waals surface area contributed by atoms with E-state index in [9.17, 15) is 9.18 Å². The second kappa shape index (κ2) is 9.05. The molecule has 0 bridgehead atoms. The largest absolute Gasteiger partial charge is 0.490 e. The van der Waals surface area contributed by atoms with Crippen molar-refractivity contribution < 1.29 is 18.7 Å². The summed E-state index contributed by atoms with van der Waals surface area (Å²) >= 11 is 5.33. The average molecular weight is 415 g/mol. The van der Waals surface area contributed by atoms with Gasteiger partial charge in [0.15, 0.2) is 16.6 Å². The molecular weight excluding hydrogens is 391 g/mol. The first-order valence-corrected chi connectivity index (χ1v) is 9.80. The number of amides is 1. The van der Waals surface area contributed by atoms with Crippen LogP contribution in [0.15, 0.2) is 48.2 Å². The molecule has 29 heavy (non-hydrogen) atoms. The summed E-state index contributed by atoms with van der Waals surface area (Å²) in [6.07, 6.45) is 1.79. The zero-order valence-electron chi connectivity index (χ0n) is 16.6. The van der Waals surface area contributed by atoms with Crippen molar-refractivity contribution in [2.45, 2.75) is 20.5 Å². The quantitative estimate of drug-likeness (QED) is 0.501. The van der Waals surface area contributed by atoms with Crippen LogP contribution in [0.25, 0.3) is 6.08 Å². The lowest BCUT2D eigenvalue weighted by Gasteiger charge is -2.14. The van der Waals surface area contributed by atoms with Crippen LogP contribution >= 0.6 is 12.2 Å². The molecule has 3 rings (SSSR count). The number of likely N-dealkylation sites (N-methyl/N-ethyl adjacent to an activating group) is 2. The van der Waals surface area contributed by atoms with Crippen molar-refractivity contribution in [1.29, 1.82) is 0 Å². The lowest BCUT2D eigenvalue weighted by molar-refractivity contribution is -0.122. The van der Waals surface area contributed by atoms with E-state index in [1.165, 1.54) is 12.1 Å². The van der Waals surface area contributed by atoms with E-state index in [-0.39, 0.29) is 11.7 Å². The highest BCUT2D eigenvalue weighted by Crippen LogP contribution is 2.31. The maximum atomic E-state index is 13.0. The van der Waals surface area contributed by atoms with Gasteiger partial charge in [0.2, 0.25) is 0 Å². The van der Waals surface area contributed by atoms with Gasteiger partial charge in [-0.1, -0.05) is 18.2 Å². The number of halogens is 1. The summed E-state index contributed by atoms with van der Waals surface area (Å²) in [5.41, 5.74) is 2.17. The van der Waals surface area contributed by atoms with Crippen molar-refractivity contribution in [3.63, 3.8) is 0 Å². The molecule has 1 aliphatic heterocycles. The molecule has 1 amide bonds. The fourth-order valence-corrected chi connectivity index (χ4v) is 3.30. The van der Waals surface area contributed by atoms with Crippen LogP contribution in [0.1, 0.15) is 25.0 Å². The van der Waals surface area contributed by atoms with E-state index in [0.717, 1.165) is 11.1 Å². The minimum Gasteiger partial charge on any atom is -0.490 e.